The lowest BCUT2D eigenvalue weighted by Gasteiger charge is -2.16. The van der Waals surface area contributed by atoms with Crippen LogP contribution in [0.2, 0.25) is 5.02 Å². The van der Waals surface area contributed by atoms with Crippen molar-refractivity contribution in [2.24, 2.45) is 0 Å². The van der Waals surface area contributed by atoms with Crippen molar-refractivity contribution in [2.75, 3.05) is 19.5 Å². The molecule has 0 bridgehead atoms. The van der Waals surface area contributed by atoms with Crippen molar-refractivity contribution in [3.05, 3.63) is 52.5 Å². The maximum Gasteiger partial charge on any atom is 0.343 e. The number of carbonyl (C=O) groups excluding carboxylic acids is 1. The van der Waals surface area contributed by atoms with E-state index in [0.717, 1.165) is 5.56 Å². The quantitative estimate of drug-likeness (QED) is 0.851. The fourth-order valence-corrected chi connectivity index (χ4v) is 2.22. The van der Waals surface area contributed by atoms with E-state index in [9.17, 15) is 4.79 Å². The molecule has 2 rings (SSSR count). The Bertz CT molecular complexity index is 676. The Morgan fingerprint density at radius 2 is 2.05 bits per heavy atom. The van der Waals surface area contributed by atoms with Gasteiger partial charge in [0.25, 0.3) is 0 Å². The highest BCUT2D eigenvalue weighted by molar-refractivity contribution is 6.30. The van der Waals surface area contributed by atoms with Crippen LogP contribution in [0.4, 0.5) is 5.82 Å². The molecule has 0 unspecified atom stereocenters. The van der Waals surface area contributed by atoms with E-state index in [-0.39, 0.29) is 17.5 Å². The molecular formula is C16H17ClN2O3. The van der Waals surface area contributed by atoms with Crippen molar-refractivity contribution >= 4 is 23.4 Å². The largest absolute Gasteiger partial charge is 0.480 e. The van der Waals surface area contributed by atoms with Gasteiger partial charge in [-0.2, -0.15) is 4.98 Å². The summed E-state index contributed by atoms with van der Waals surface area (Å²) in [6.45, 7) is 1.99. The van der Waals surface area contributed by atoms with Crippen LogP contribution in [-0.4, -0.2) is 25.2 Å². The number of pyridine rings is 1. The van der Waals surface area contributed by atoms with Crippen LogP contribution < -0.4 is 10.1 Å². The van der Waals surface area contributed by atoms with Gasteiger partial charge in [0.1, 0.15) is 11.4 Å². The van der Waals surface area contributed by atoms with Crippen LogP contribution in [-0.2, 0) is 4.74 Å². The molecule has 1 aromatic heterocycles. The van der Waals surface area contributed by atoms with Gasteiger partial charge in [0.2, 0.25) is 5.88 Å². The summed E-state index contributed by atoms with van der Waals surface area (Å²) in [5, 5.41) is 3.92. The Balaban J connectivity index is 2.21. The SMILES string of the molecule is COC(=O)c1ccc(N[C@H](C)c2cccc(Cl)c2)nc1OC. The second-order valence-corrected chi connectivity index (χ2v) is 5.10. The highest BCUT2D eigenvalue weighted by Crippen LogP contribution is 2.24. The van der Waals surface area contributed by atoms with Crippen LogP contribution in [0.25, 0.3) is 0 Å². The first-order valence-corrected chi connectivity index (χ1v) is 7.08. The molecule has 0 spiro atoms. The molecule has 2 aromatic rings. The van der Waals surface area contributed by atoms with E-state index >= 15 is 0 Å². The molecule has 22 heavy (non-hydrogen) atoms. The maximum atomic E-state index is 11.6. The van der Waals surface area contributed by atoms with Crippen molar-refractivity contribution in [1.29, 1.82) is 0 Å². The maximum absolute atomic E-state index is 11.6. The standard InChI is InChI=1S/C16H17ClN2O3/c1-10(11-5-4-6-12(17)9-11)18-14-8-7-13(16(20)22-3)15(19-14)21-2/h4-10H,1-3H3,(H,18,19)/t10-/m1/s1. The molecule has 0 aliphatic rings. The number of halogens is 1. The lowest BCUT2D eigenvalue weighted by atomic mass is 10.1. The minimum atomic E-state index is -0.487. The molecule has 0 fully saturated rings. The van der Waals surface area contributed by atoms with Gasteiger partial charge in [-0.05, 0) is 36.8 Å². The number of nitrogens with zero attached hydrogens (tertiary/aromatic N) is 1. The van der Waals surface area contributed by atoms with E-state index in [1.165, 1.54) is 14.2 Å². The number of hydrogen-bond acceptors (Lipinski definition) is 5. The number of ether oxygens (including phenoxy) is 2. The van der Waals surface area contributed by atoms with Gasteiger partial charge in [-0.1, -0.05) is 23.7 Å². The Morgan fingerprint density at radius 3 is 2.68 bits per heavy atom. The van der Waals surface area contributed by atoms with Crippen molar-refractivity contribution in [3.63, 3.8) is 0 Å². The lowest BCUT2D eigenvalue weighted by molar-refractivity contribution is 0.0596. The van der Waals surface area contributed by atoms with Gasteiger partial charge in [0.15, 0.2) is 0 Å². The van der Waals surface area contributed by atoms with Gasteiger partial charge in [-0.15, -0.1) is 0 Å². The number of rotatable bonds is 5. The minimum absolute atomic E-state index is 0.000109. The Labute approximate surface area is 134 Å². The highest BCUT2D eigenvalue weighted by Gasteiger charge is 2.15. The number of nitrogens with one attached hydrogen (secondary N) is 1. The lowest BCUT2D eigenvalue weighted by Crippen LogP contribution is -2.10. The highest BCUT2D eigenvalue weighted by atomic mass is 35.5. The molecule has 0 aliphatic carbocycles. The average molecular weight is 321 g/mol. The Kier molecular flexibility index (Phi) is 5.22. The number of carbonyl (C=O) groups is 1. The summed E-state index contributed by atoms with van der Waals surface area (Å²) in [6, 6.07) is 10.9. The topological polar surface area (TPSA) is 60.5 Å². The molecule has 5 nitrogen and oxygen atoms in total. The van der Waals surface area contributed by atoms with E-state index in [2.05, 4.69) is 15.0 Å². The molecule has 0 saturated heterocycles. The summed E-state index contributed by atoms with van der Waals surface area (Å²) in [7, 11) is 2.77. The normalized spacial score (nSPS) is 11.6. The predicted octanol–water partition coefficient (Wildman–Crippen LogP) is 3.70. The summed E-state index contributed by atoms with van der Waals surface area (Å²) in [5.74, 6) is 0.325. The number of benzene rings is 1. The van der Waals surface area contributed by atoms with Crippen molar-refractivity contribution in [3.8, 4) is 5.88 Å². The third-order valence-corrected chi connectivity index (χ3v) is 3.41. The number of methoxy groups -OCH3 is 2. The van der Waals surface area contributed by atoms with Gasteiger partial charge in [0.05, 0.1) is 14.2 Å². The van der Waals surface area contributed by atoms with Crippen LogP contribution in [0.5, 0.6) is 5.88 Å². The Hall–Kier alpha value is -2.27. The zero-order valence-electron chi connectivity index (χ0n) is 12.6. The molecular weight excluding hydrogens is 304 g/mol. The van der Waals surface area contributed by atoms with E-state index < -0.39 is 5.97 Å². The van der Waals surface area contributed by atoms with Gasteiger partial charge in [-0.25, -0.2) is 4.79 Å². The first-order chi connectivity index (χ1) is 10.5. The van der Waals surface area contributed by atoms with Gasteiger partial charge in [-0.3, -0.25) is 0 Å². The van der Waals surface area contributed by atoms with Crippen molar-refractivity contribution in [1.82, 2.24) is 4.98 Å². The second kappa shape index (κ2) is 7.13. The molecule has 1 N–H and O–H groups in total. The van der Waals surface area contributed by atoms with Crippen LogP contribution in [0.1, 0.15) is 28.9 Å². The van der Waals surface area contributed by atoms with Gasteiger partial charge >= 0.3 is 5.97 Å². The summed E-state index contributed by atoms with van der Waals surface area (Å²) in [4.78, 5) is 15.9. The number of hydrogen-bond donors (Lipinski definition) is 1. The van der Waals surface area contributed by atoms with E-state index in [0.29, 0.717) is 10.8 Å². The summed E-state index contributed by atoms with van der Waals surface area (Å²) < 4.78 is 9.83. The predicted molar refractivity (Wildman–Crippen MR) is 85.6 cm³/mol. The van der Waals surface area contributed by atoms with Gasteiger partial charge < -0.3 is 14.8 Å². The fourth-order valence-electron chi connectivity index (χ4n) is 2.02. The molecule has 1 heterocycles. The molecule has 6 heteroatoms. The smallest absolute Gasteiger partial charge is 0.343 e. The molecule has 116 valence electrons. The fraction of sp³-hybridized carbons (Fsp3) is 0.250. The van der Waals surface area contributed by atoms with E-state index in [4.69, 9.17) is 16.3 Å². The molecule has 1 aromatic carbocycles. The zero-order chi connectivity index (χ0) is 16.1. The van der Waals surface area contributed by atoms with Crippen LogP contribution >= 0.6 is 11.6 Å². The molecule has 1 atom stereocenters. The zero-order valence-corrected chi connectivity index (χ0v) is 13.3. The molecule has 0 saturated carbocycles. The minimum Gasteiger partial charge on any atom is -0.480 e. The summed E-state index contributed by atoms with van der Waals surface area (Å²) in [6.07, 6.45) is 0. The summed E-state index contributed by atoms with van der Waals surface area (Å²) in [5.41, 5.74) is 1.32. The van der Waals surface area contributed by atoms with Crippen LogP contribution in [0.3, 0.4) is 0 Å². The van der Waals surface area contributed by atoms with Crippen molar-refractivity contribution < 1.29 is 14.3 Å². The first-order valence-electron chi connectivity index (χ1n) is 6.70. The second-order valence-electron chi connectivity index (χ2n) is 4.67. The monoisotopic (exact) mass is 320 g/mol. The number of anilines is 1. The molecule has 0 radical (unpaired) electrons. The number of aromatic nitrogens is 1. The number of esters is 1. The van der Waals surface area contributed by atoms with Gasteiger partial charge in [0, 0.05) is 11.1 Å². The summed E-state index contributed by atoms with van der Waals surface area (Å²) >= 11 is 6.00. The Morgan fingerprint density at radius 1 is 1.27 bits per heavy atom. The average Bonchev–Trinajstić information content (AvgIpc) is 2.54. The van der Waals surface area contributed by atoms with Crippen molar-refractivity contribution in [2.45, 2.75) is 13.0 Å². The third kappa shape index (κ3) is 3.68. The molecule has 0 amide bonds. The van der Waals surface area contributed by atoms with E-state index in [1.54, 1.807) is 12.1 Å². The molecule has 0 aliphatic heterocycles. The van der Waals surface area contributed by atoms with E-state index in [1.807, 2.05) is 31.2 Å². The first kappa shape index (κ1) is 16.1. The van der Waals surface area contributed by atoms with Crippen LogP contribution in [0.15, 0.2) is 36.4 Å². The van der Waals surface area contributed by atoms with Crippen LogP contribution in [0, 0.1) is 0 Å². The third-order valence-electron chi connectivity index (χ3n) is 3.17.